The Hall–Kier alpha value is -2.47. The molecule has 2 aromatic heterocycles. The quantitative estimate of drug-likeness (QED) is 0.774. The summed E-state index contributed by atoms with van der Waals surface area (Å²) in [5.41, 5.74) is 10.1. The van der Waals surface area contributed by atoms with Crippen LogP contribution in [-0.4, -0.2) is 31.8 Å². The Labute approximate surface area is 141 Å². The summed E-state index contributed by atoms with van der Waals surface area (Å²) in [6, 6.07) is 8.86. The number of rotatable bonds is 3. The second kappa shape index (κ2) is 5.87. The number of nitrogens with two attached hydrogens (primary N) is 1. The summed E-state index contributed by atoms with van der Waals surface area (Å²) < 4.78 is 1.91. The van der Waals surface area contributed by atoms with Gasteiger partial charge >= 0.3 is 0 Å². The van der Waals surface area contributed by atoms with E-state index in [2.05, 4.69) is 39.4 Å². The number of nitrogens with zero attached hydrogens (tertiary/aromatic N) is 4. The molecule has 1 aromatic carbocycles. The van der Waals surface area contributed by atoms with Crippen LogP contribution in [0.15, 0.2) is 30.5 Å². The molecule has 2 atom stereocenters. The van der Waals surface area contributed by atoms with Gasteiger partial charge in [-0.15, -0.1) is 0 Å². The zero-order valence-electron chi connectivity index (χ0n) is 14.0. The number of hydrogen-bond donors (Lipinski definition) is 2. The van der Waals surface area contributed by atoms with E-state index in [4.69, 9.17) is 5.73 Å². The van der Waals surface area contributed by atoms with E-state index in [1.807, 2.05) is 23.9 Å². The third-order valence-electron chi connectivity index (χ3n) is 4.89. The van der Waals surface area contributed by atoms with Crippen molar-refractivity contribution in [3.63, 3.8) is 0 Å². The Bertz CT molecular complexity index is 884. The Kier molecular flexibility index (Phi) is 3.69. The monoisotopic (exact) mass is 322 g/mol. The van der Waals surface area contributed by atoms with Gasteiger partial charge in [-0.05, 0) is 44.4 Å². The maximum absolute atomic E-state index is 5.98. The average molecular weight is 322 g/mol. The SMILES string of the molecule is Cc1c2cc(-c3ccnc(N[C@H]4CC[C@H](N)C4)n3)ccc2nn1C. The van der Waals surface area contributed by atoms with Gasteiger partial charge in [0.2, 0.25) is 5.95 Å². The number of aromatic nitrogens is 4. The zero-order valence-corrected chi connectivity index (χ0v) is 14.0. The third kappa shape index (κ3) is 2.73. The summed E-state index contributed by atoms with van der Waals surface area (Å²) in [4.78, 5) is 9.04. The molecule has 2 heterocycles. The molecule has 0 unspecified atom stereocenters. The first kappa shape index (κ1) is 15.1. The van der Waals surface area contributed by atoms with Crippen molar-refractivity contribution in [2.45, 2.75) is 38.3 Å². The molecule has 1 aliphatic carbocycles. The predicted molar refractivity (Wildman–Crippen MR) is 95.7 cm³/mol. The molecule has 124 valence electrons. The molecule has 0 aliphatic heterocycles. The van der Waals surface area contributed by atoms with Gasteiger partial charge in [0, 0.05) is 42.0 Å². The predicted octanol–water partition coefficient (Wildman–Crippen LogP) is 2.63. The standard InChI is InChI=1S/C18H22N6/c1-11-15-9-12(3-6-17(15)23-24(11)2)16-7-8-20-18(22-16)21-14-5-4-13(19)10-14/h3,6-9,13-14H,4-5,10,19H2,1-2H3,(H,20,21,22)/t13-,14-/m0/s1. The van der Waals surface area contributed by atoms with Crippen LogP contribution in [0.2, 0.25) is 0 Å². The van der Waals surface area contributed by atoms with E-state index in [0.717, 1.165) is 47.1 Å². The van der Waals surface area contributed by atoms with Crippen LogP contribution < -0.4 is 11.1 Å². The molecule has 4 rings (SSSR count). The van der Waals surface area contributed by atoms with E-state index < -0.39 is 0 Å². The lowest BCUT2D eigenvalue weighted by molar-refractivity contribution is 0.685. The molecule has 1 aliphatic rings. The van der Waals surface area contributed by atoms with Crippen molar-refractivity contribution in [3.05, 3.63) is 36.2 Å². The van der Waals surface area contributed by atoms with Gasteiger partial charge < -0.3 is 11.1 Å². The van der Waals surface area contributed by atoms with Crippen molar-refractivity contribution in [2.75, 3.05) is 5.32 Å². The minimum atomic E-state index is 0.293. The van der Waals surface area contributed by atoms with Crippen molar-refractivity contribution in [1.29, 1.82) is 0 Å². The maximum Gasteiger partial charge on any atom is 0.223 e. The highest BCUT2D eigenvalue weighted by Gasteiger charge is 2.22. The summed E-state index contributed by atoms with van der Waals surface area (Å²) >= 11 is 0. The average Bonchev–Trinajstić information content (AvgIpc) is 3.11. The van der Waals surface area contributed by atoms with Crippen LogP contribution in [0.3, 0.4) is 0 Å². The fraction of sp³-hybridized carbons (Fsp3) is 0.389. The van der Waals surface area contributed by atoms with Crippen molar-refractivity contribution < 1.29 is 0 Å². The number of fused-ring (bicyclic) bond motifs is 1. The molecular formula is C18H22N6. The first-order valence-corrected chi connectivity index (χ1v) is 8.39. The first-order chi connectivity index (χ1) is 11.6. The number of hydrogen-bond acceptors (Lipinski definition) is 5. The summed E-state index contributed by atoms with van der Waals surface area (Å²) in [5.74, 6) is 0.676. The van der Waals surface area contributed by atoms with Gasteiger partial charge in [-0.1, -0.05) is 6.07 Å². The molecular weight excluding hydrogens is 300 g/mol. The van der Waals surface area contributed by atoms with Crippen LogP contribution in [0.5, 0.6) is 0 Å². The minimum Gasteiger partial charge on any atom is -0.351 e. The number of aryl methyl sites for hydroxylation is 2. The van der Waals surface area contributed by atoms with Crippen molar-refractivity contribution in [3.8, 4) is 11.3 Å². The fourth-order valence-corrected chi connectivity index (χ4v) is 3.40. The summed E-state index contributed by atoms with van der Waals surface area (Å²) in [7, 11) is 1.97. The van der Waals surface area contributed by atoms with Crippen LogP contribution >= 0.6 is 0 Å². The lowest BCUT2D eigenvalue weighted by Crippen LogP contribution is -2.21. The van der Waals surface area contributed by atoms with E-state index in [1.165, 1.54) is 0 Å². The van der Waals surface area contributed by atoms with Crippen molar-refractivity contribution in [2.24, 2.45) is 12.8 Å². The van der Waals surface area contributed by atoms with Crippen molar-refractivity contribution >= 4 is 16.9 Å². The fourth-order valence-electron chi connectivity index (χ4n) is 3.40. The van der Waals surface area contributed by atoms with E-state index >= 15 is 0 Å². The molecule has 24 heavy (non-hydrogen) atoms. The summed E-state index contributed by atoms with van der Waals surface area (Å²) in [6.07, 6.45) is 4.93. The Morgan fingerprint density at radius 3 is 2.92 bits per heavy atom. The molecule has 1 fully saturated rings. The molecule has 0 radical (unpaired) electrons. The van der Waals surface area contributed by atoms with Gasteiger partial charge in [0.05, 0.1) is 11.2 Å². The van der Waals surface area contributed by atoms with E-state index in [1.54, 1.807) is 6.20 Å². The molecule has 1 saturated carbocycles. The van der Waals surface area contributed by atoms with Gasteiger partial charge in [-0.25, -0.2) is 9.97 Å². The summed E-state index contributed by atoms with van der Waals surface area (Å²) in [5, 5.41) is 9.07. The van der Waals surface area contributed by atoms with Crippen LogP contribution in [0.25, 0.3) is 22.2 Å². The molecule has 0 spiro atoms. The largest absolute Gasteiger partial charge is 0.351 e. The van der Waals surface area contributed by atoms with E-state index in [0.29, 0.717) is 18.0 Å². The van der Waals surface area contributed by atoms with Gasteiger partial charge in [0.25, 0.3) is 0 Å². The summed E-state index contributed by atoms with van der Waals surface area (Å²) in [6.45, 7) is 2.08. The lowest BCUT2D eigenvalue weighted by atomic mass is 10.1. The number of benzene rings is 1. The normalized spacial score (nSPS) is 20.6. The smallest absolute Gasteiger partial charge is 0.223 e. The van der Waals surface area contributed by atoms with Gasteiger partial charge in [0.15, 0.2) is 0 Å². The van der Waals surface area contributed by atoms with Crippen LogP contribution in [0.1, 0.15) is 25.0 Å². The van der Waals surface area contributed by atoms with Crippen molar-refractivity contribution in [1.82, 2.24) is 19.7 Å². The molecule has 6 nitrogen and oxygen atoms in total. The Balaban J connectivity index is 1.64. The molecule has 0 saturated heterocycles. The zero-order chi connectivity index (χ0) is 16.7. The molecule has 0 bridgehead atoms. The highest BCUT2D eigenvalue weighted by atomic mass is 15.3. The third-order valence-corrected chi connectivity index (χ3v) is 4.89. The molecule has 0 amide bonds. The maximum atomic E-state index is 5.98. The second-order valence-corrected chi connectivity index (χ2v) is 6.62. The topological polar surface area (TPSA) is 81.7 Å². The minimum absolute atomic E-state index is 0.293. The first-order valence-electron chi connectivity index (χ1n) is 8.39. The van der Waals surface area contributed by atoms with Gasteiger partial charge in [0.1, 0.15) is 0 Å². The highest BCUT2D eigenvalue weighted by Crippen LogP contribution is 2.26. The Morgan fingerprint density at radius 2 is 2.12 bits per heavy atom. The second-order valence-electron chi connectivity index (χ2n) is 6.62. The Morgan fingerprint density at radius 1 is 1.25 bits per heavy atom. The molecule has 3 aromatic rings. The van der Waals surface area contributed by atoms with E-state index in [9.17, 15) is 0 Å². The number of anilines is 1. The van der Waals surface area contributed by atoms with Gasteiger partial charge in [-0.2, -0.15) is 5.10 Å². The van der Waals surface area contributed by atoms with Gasteiger partial charge in [-0.3, -0.25) is 4.68 Å². The molecule has 6 heteroatoms. The lowest BCUT2D eigenvalue weighted by Gasteiger charge is -2.12. The van der Waals surface area contributed by atoms with E-state index in [-0.39, 0.29) is 0 Å². The molecule has 3 N–H and O–H groups in total. The van der Waals surface area contributed by atoms with Crippen LogP contribution in [0, 0.1) is 6.92 Å². The van der Waals surface area contributed by atoms with Crippen LogP contribution in [0.4, 0.5) is 5.95 Å². The number of nitrogens with one attached hydrogen (secondary N) is 1. The van der Waals surface area contributed by atoms with Crippen LogP contribution in [-0.2, 0) is 7.05 Å². The highest BCUT2D eigenvalue weighted by molar-refractivity contribution is 5.86.